The fourth-order valence-electron chi connectivity index (χ4n) is 2.88. The Morgan fingerprint density at radius 2 is 2.27 bits per heavy atom. The molecule has 2 fully saturated rings. The van der Waals surface area contributed by atoms with Crippen molar-refractivity contribution in [2.24, 2.45) is 4.99 Å². The lowest BCUT2D eigenvalue weighted by Crippen LogP contribution is -2.45. The molecule has 1 aromatic carbocycles. The van der Waals surface area contributed by atoms with Gasteiger partial charge in [0.1, 0.15) is 10.9 Å². The van der Waals surface area contributed by atoms with E-state index in [1.807, 2.05) is 0 Å². The summed E-state index contributed by atoms with van der Waals surface area (Å²) in [6, 6.07) is 4.25. The van der Waals surface area contributed by atoms with Crippen molar-refractivity contribution < 1.29 is 23.8 Å². The standard InChI is InChI=1S/C16H19FN4O4S/c1-18-13(22)12-8-21(16(24)25-12)9-3-4-11(10(17)7-9)20-5-6-26-14(19-2)15(20)23/h3-4,7,12,15,23H,5-6,8H2,1-2H3,(H,18,22)/b19-14+/t12-,15?/m1/s1. The number of aliphatic imine (C=N–C) groups is 1. The minimum absolute atomic E-state index is 0.00686. The van der Waals surface area contributed by atoms with Crippen LogP contribution in [-0.2, 0) is 9.53 Å². The number of aliphatic hydroxyl groups excluding tert-OH is 1. The van der Waals surface area contributed by atoms with Gasteiger partial charge >= 0.3 is 6.09 Å². The van der Waals surface area contributed by atoms with Crippen LogP contribution in [-0.4, -0.2) is 67.4 Å². The maximum atomic E-state index is 14.7. The molecule has 8 nitrogen and oxygen atoms in total. The van der Waals surface area contributed by atoms with Crippen LogP contribution in [0.2, 0.25) is 0 Å². The highest BCUT2D eigenvalue weighted by Crippen LogP contribution is 2.31. The second-order valence-corrected chi connectivity index (χ2v) is 6.83. The van der Waals surface area contributed by atoms with Crippen molar-refractivity contribution in [2.75, 3.05) is 42.7 Å². The van der Waals surface area contributed by atoms with E-state index in [4.69, 9.17) is 4.74 Å². The monoisotopic (exact) mass is 382 g/mol. The molecular formula is C16H19FN4O4S. The van der Waals surface area contributed by atoms with Crippen molar-refractivity contribution in [3.05, 3.63) is 24.0 Å². The summed E-state index contributed by atoms with van der Waals surface area (Å²) in [5.41, 5.74) is 0.506. The largest absolute Gasteiger partial charge is 0.434 e. The molecule has 3 rings (SSSR count). The molecule has 2 amide bonds. The third-order valence-electron chi connectivity index (χ3n) is 4.22. The van der Waals surface area contributed by atoms with Crippen LogP contribution >= 0.6 is 11.8 Å². The maximum Gasteiger partial charge on any atom is 0.415 e. The first-order chi connectivity index (χ1) is 12.5. The zero-order valence-electron chi connectivity index (χ0n) is 14.3. The Labute approximate surface area is 154 Å². The van der Waals surface area contributed by atoms with E-state index in [2.05, 4.69) is 10.3 Å². The number of hydrogen-bond acceptors (Lipinski definition) is 7. The Morgan fingerprint density at radius 3 is 2.92 bits per heavy atom. The quantitative estimate of drug-likeness (QED) is 0.803. The highest BCUT2D eigenvalue weighted by atomic mass is 32.2. The molecule has 2 aliphatic heterocycles. The van der Waals surface area contributed by atoms with Gasteiger partial charge in [-0.05, 0) is 18.2 Å². The minimum Gasteiger partial charge on any atom is -0.434 e. The first kappa shape index (κ1) is 18.5. The average molecular weight is 382 g/mol. The zero-order chi connectivity index (χ0) is 18.8. The van der Waals surface area contributed by atoms with Crippen LogP contribution in [0.25, 0.3) is 0 Å². The third-order valence-corrected chi connectivity index (χ3v) is 5.30. The lowest BCUT2D eigenvalue weighted by Gasteiger charge is -2.34. The second-order valence-electron chi connectivity index (χ2n) is 5.71. The van der Waals surface area contributed by atoms with Crippen LogP contribution in [0.5, 0.6) is 0 Å². The number of hydrogen-bond donors (Lipinski definition) is 2. The van der Waals surface area contributed by atoms with Crippen LogP contribution in [0.15, 0.2) is 23.2 Å². The third kappa shape index (κ3) is 3.34. The van der Waals surface area contributed by atoms with E-state index in [1.54, 1.807) is 13.1 Å². The summed E-state index contributed by atoms with van der Waals surface area (Å²) in [6.45, 7) is 0.471. The van der Waals surface area contributed by atoms with Crippen LogP contribution in [0.4, 0.5) is 20.6 Å². The number of nitrogens with zero attached hydrogens (tertiary/aromatic N) is 3. The number of ether oxygens (including phenoxy) is 1. The Bertz CT molecular complexity index is 760. The van der Waals surface area contributed by atoms with Crippen molar-refractivity contribution in [3.63, 3.8) is 0 Å². The van der Waals surface area contributed by atoms with Gasteiger partial charge in [-0.3, -0.25) is 14.7 Å². The molecule has 10 heteroatoms. The molecule has 2 saturated heterocycles. The molecule has 0 spiro atoms. The number of aliphatic hydroxyl groups is 1. The summed E-state index contributed by atoms with van der Waals surface area (Å²) >= 11 is 1.43. The number of rotatable bonds is 3. The molecule has 140 valence electrons. The summed E-state index contributed by atoms with van der Waals surface area (Å²) in [6.07, 6.45) is -2.64. The SMILES string of the molecule is C/N=C1/SCCN(c2ccc(N3C[C@H](C(=O)NC)OC3=O)cc2F)C1O. The van der Waals surface area contributed by atoms with Gasteiger partial charge in [-0.1, -0.05) is 0 Å². The molecule has 0 aliphatic carbocycles. The first-order valence-corrected chi connectivity index (χ1v) is 8.98. The van der Waals surface area contributed by atoms with E-state index in [-0.39, 0.29) is 17.9 Å². The Kier molecular flexibility index (Phi) is 5.33. The van der Waals surface area contributed by atoms with Crippen LogP contribution in [0.3, 0.4) is 0 Å². The molecule has 2 aliphatic rings. The molecule has 1 unspecified atom stereocenters. The molecule has 2 N–H and O–H groups in total. The average Bonchev–Trinajstić information content (AvgIpc) is 3.03. The van der Waals surface area contributed by atoms with Gasteiger partial charge in [-0.2, -0.15) is 0 Å². The van der Waals surface area contributed by atoms with Crippen LogP contribution < -0.4 is 15.1 Å². The number of cyclic esters (lactones) is 1. The van der Waals surface area contributed by atoms with Crippen molar-refractivity contribution in [3.8, 4) is 0 Å². The van der Waals surface area contributed by atoms with Gasteiger partial charge in [0.15, 0.2) is 12.3 Å². The van der Waals surface area contributed by atoms with Gasteiger partial charge in [0.25, 0.3) is 5.91 Å². The number of likely N-dealkylation sites (N-methyl/N-ethyl adjacent to an activating group) is 1. The second kappa shape index (κ2) is 7.50. The predicted octanol–water partition coefficient (Wildman–Crippen LogP) is 0.797. The highest BCUT2D eigenvalue weighted by molar-refractivity contribution is 8.14. The Balaban J connectivity index is 1.82. The molecule has 0 aromatic heterocycles. The number of halogens is 1. The van der Waals surface area contributed by atoms with E-state index in [1.165, 1.54) is 40.7 Å². The molecule has 0 radical (unpaired) electrons. The zero-order valence-corrected chi connectivity index (χ0v) is 15.1. The maximum absolute atomic E-state index is 14.7. The number of anilines is 2. The van der Waals surface area contributed by atoms with Crippen molar-refractivity contribution >= 4 is 40.2 Å². The summed E-state index contributed by atoms with van der Waals surface area (Å²) in [7, 11) is 3.03. The van der Waals surface area contributed by atoms with Crippen molar-refractivity contribution in [2.45, 2.75) is 12.3 Å². The fraction of sp³-hybridized carbons (Fsp3) is 0.438. The van der Waals surface area contributed by atoms with Gasteiger partial charge in [0, 0.05) is 26.4 Å². The fourth-order valence-corrected chi connectivity index (χ4v) is 3.78. The summed E-state index contributed by atoms with van der Waals surface area (Å²) < 4.78 is 19.7. The summed E-state index contributed by atoms with van der Waals surface area (Å²) in [5.74, 6) is -0.324. The number of carbonyl (C=O) groups excluding carboxylic acids is 2. The molecule has 1 aromatic rings. The van der Waals surface area contributed by atoms with Crippen LogP contribution in [0.1, 0.15) is 0 Å². The van der Waals surface area contributed by atoms with Crippen molar-refractivity contribution in [1.82, 2.24) is 5.32 Å². The van der Waals surface area contributed by atoms with E-state index in [9.17, 15) is 19.1 Å². The van der Waals surface area contributed by atoms with E-state index >= 15 is 0 Å². The molecule has 0 bridgehead atoms. The molecule has 26 heavy (non-hydrogen) atoms. The number of nitrogens with one attached hydrogen (secondary N) is 1. The van der Waals surface area contributed by atoms with Gasteiger partial charge < -0.3 is 20.1 Å². The number of benzene rings is 1. The lowest BCUT2D eigenvalue weighted by atomic mass is 10.2. The summed E-state index contributed by atoms with van der Waals surface area (Å²) in [4.78, 5) is 30.3. The Hall–Kier alpha value is -2.33. The Morgan fingerprint density at radius 1 is 1.50 bits per heavy atom. The molecule has 2 atom stereocenters. The number of amides is 2. The van der Waals surface area contributed by atoms with Gasteiger partial charge in [0.2, 0.25) is 0 Å². The molecular weight excluding hydrogens is 363 g/mol. The summed E-state index contributed by atoms with van der Waals surface area (Å²) in [5, 5.41) is 13.3. The van der Waals surface area contributed by atoms with Crippen molar-refractivity contribution in [1.29, 1.82) is 0 Å². The van der Waals surface area contributed by atoms with Gasteiger partial charge in [-0.25, -0.2) is 9.18 Å². The predicted molar refractivity (Wildman–Crippen MR) is 97.3 cm³/mol. The van der Waals surface area contributed by atoms with E-state index in [0.29, 0.717) is 17.3 Å². The topological polar surface area (TPSA) is 94.5 Å². The highest BCUT2D eigenvalue weighted by Gasteiger charge is 2.37. The molecule has 2 heterocycles. The minimum atomic E-state index is -1.01. The van der Waals surface area contributed by atoms with E-state index in [0.717, 1.165) is 0 Å². The smallest absolute Gasteiger partial charge is 0.415 e. The van der Waals surface area contributed by atoms with Crippen LogP contribution in [0, 0.1) is 5.82 Å². The first-order valence-electron chi connectivity index (χ1n) is 7.99. The molecule has 0 saturated carbocycles. The van der Waals surface area contributed by atoms with Gasteiger partial charge in [0.05, 0.1) is 17.9 Å². The lowest BCUT2D eigenvalue weighted by molar-refractivity contribution is -0.127. The number of thioether (sulfide) groups is 1. The van der Waals surface area contributed by atoms with E-state index < -0.39 is 30.1 Å². The normalized spacial score (nSPS) is 24.8. The number of carbonyl (C=O) groups is 2. The van der Waals surface area contributed by atoms with Gasteiger partial charge in [-0.15, -0.1) is 11.8 Å².